The number of carbonyl (C=O) groups is 1. The van der Waals surface area contributed by atoms with Crippen LogP contribution in [0.4, 0.5) is 11.6 Å². The average molecular weight is 166 g/mol. The van der Waals surface area contributed by atoms with Gasteiger partial charge in [-0.25, -0.2) is 9.97 Å². The first-order valence-corrected chi connectivity index (χ1v) is 3.46. The smallest absolute Gasteiger partial charge is 0.229 e. The number of amides is 1. The van der Waals surface area contributed by atoms with Gasteiger partial charge in [0.05, 0.1) is 17.1 Å². The maximum absolute atomic E-state index is 10.1. The van der Waals surface area contributed by atoms with Crippen molar-refractivity contribution >= 4 is 18.0 Å². The second kappa shape index (κ2) is 3.17. The lowest BCUT2D eigenvalue weighted by Crippen LogP contribution is -2.06. The SMILES string of the molecule is Cc1nc(NC=O)nc(C)c1N. The van der Waals surface area contributed by atoms with Crippen molar-refractivity contribution in [3.8, 4) is 0 Å². The van der Waals surface area contributed by atoms with E-state index >= 15 is 0 Å². The predicted molar refractivity (Wildman–Crippen MR) is 45.6 cm³/mol. The monoisotopic (exact) mass is 166 g/mol. The number of aryl methyl sites for hydroxylation is 2. The number of anilines is 2. The third-order valence-corrected chi connectivity index (χ3v) is 1.51. The molecule has 0 saturated carbocycles. The lowest BCUT2D eigenvalue weighted by Gasteiger charge is -2.04. The van der Waals surface area contributed by atoms with Gasteiger partial charge in [-0.1, -0.05) is 0 Å². The molecule has 0 aliphatic carbocycles. The van der Waals surface area contributed by atoms with E-state index in [1.165, 1.54) is 0 Å². The van der Waals surface area contributed by atoms with Crippen LogP contribution >= 0.6 is 0 Å². The van der Waals surface area contributed by atoms with E-state index in [-0.39, 0.29) is 5.95 Å². The average Bonchev–Trinajstić information content (AvgIpc) is 2.01. The first-order valence-electron chi connectivity index (χ1n) is 3.46. The number of nitrogens with one attached hydrogen (secondary N) is 1. The quantitative estimate of drug-likeness (QED) is 0.617. The molecule has 1 rings (SSSR count). The van der Waals surface area contributed by atoms with Crippen LogP contribution < -0.4 is 11.1 Å². The van der Waals surface area contributed by atoms with E-state index in [0.717, 1.165) is 0 Å². The topological polar surface area (TPSA) is 80.9 Å². The normalized spacial score (nSPS) is 9.50. The molecule has 5 nitrogen and oxygen atoms in total. The highest BCUT2D eigenvalue weighted by molar-refractivity contribution is 5.67. The first-order chi connectivity index (χ1) is 5.65. The Morgan fingerprint density at radius 2 is 1.83 bits per heavy atom. The summed E-state index contributed by atoms with van der Waals surface area (Å²) in [4.78, 5) is 17.9. The van der Waals surface area contributed by atoms with Crippen molar-refractivity contribution in [3.63, 3.8) is 0 Å². The molecule has 0 atom stereocenters. The molecular formula is C7H10N4O. The largest absolute Gasteiger partial charge is 0.396 e. The molecule has 0 saturated heterocycles. The maximum Gasteiger partial charge on any atom is 0.229 e. The van der Waals surface area contributed by atoms with Crippen molar-refractivity contribution < 1.29 is 4.79 Å². The van der Waals surface area contributed by atoms with Crippen molar-refractivity contribution in [2.24, 2.45) is 0 Å². The Kier molecular flexibility index (Phi) is 2.23. The van der Waals surface area contributed by atoms with Crippen LogP contribution in [0.15, 0.2) is 0 Å². The number of nitrogen functional groups attached to an aromatic ring is 1. The maximum atomic E-state index is 10.1. The summed E-state index contributed by atoms with van der Waals surface area (Å²) in [7, 11) is 0. The molecule has 1 aromatic heterocycles. The van der Waals surface area contributed by atoms with Crippen LogP contribution in [0.3, 0.4) is 0 Å². The van der Waals surface area contributed by atoms with Gasteiger partial charge in [-0.15, -0.1) is 0 Å². The fourth-order valence-corrected chi connectivity index (χ4v) is 0.842. The van der Waals surface area contributed by atoms with Crippen molar-refractivity contribution in [2.75, 3.05) is 11.1 Å². The van der Waals surface area contributed by atoms with E-state index in [0.29, 0.717) is 23.5 Å². The van der Waals surface area contributed by atoms with Crippen LogP contribution in [0.1, 0.15) is 11.4 Å². The number of nitrogens with zero attached hydrogens (tertiary/aromatic N) is 2. The summed E-state index contributed by atoms with van der Waals surface area (Å²) in [6, 6.07) is 0. The molecule has 1 amide bonds. The van der Waals surface area contributed by atoms with Crippen molar-refractivity contribution in [1.29, 1.82) is 0 Å². The van der Waals surface area contributed by atoms with E-state index in [1.807, 2.05) is 0 Å². The molecule has 0 bridgehead atoms. The lowest BCUT2D eigenvalue weighted by atomic mass is 10.3. The summed E-state index contributed by atoms with van der Waals surface area (Å²) in [5.41, 5.74) is 7.51. The van der Waals surface area contributed by atoms with Crippen LogP contribution in [0.25, 0.3) is 0 Å². The van der Waals surface area contributed by atoms with E-state index in [1.54, 1.807) is 13.8 Å². The van der Waals surface area contributed by atoms with Gasteiger partial charge in [-0.3, -0.25) is 10.1 Å². The predicted octanol–water partition coefficient (Wildman–Crippen LogP) is 0.244. The molecule has 0 aliphatic rings. The fourth-order valence-electron chi connectivity index (χ4n) is 0.842. The molecule has 3 N–H and O–H groups in total. The van der Waals surface area contributed by atoms with Gasteiger partial charge in [-0.2, -0.15) is 0 Å². The molecule has 0 aromatic carbocycles. The lowest BCUT2D eigenvalue weighted by molar-refractivity contribution is -0.105. The number of carbonyl (C=O) groups excluding carboxylic acids is 1. The Labute approximate surface area is 70.0 Å². The third kappa shape index (κ3) is 1.50. The van der Waals surface area contributed by atoms with Crippen LogP contribution in [0.5, 0.6) is 0 Å². The van der Waals surface area contributed by atoms with Gasteiger partial charge in [0.25, 0.3) is 0 Å². The Morgan fingerprint density at radius 1 is 1.33 bits per heavy atom. The second-order valence-electron chi connectivity index (χ2n) is 2.39. The van der Waals surface area contributed by atoms with Crippen molar-refractivity contribution in [1.82, 2.24) is 9.97 Å². The molecule has 0 spiro atoms. The van der Waals surface area contributed by atoms with E-state index < -0.39 is 0 Å². The summed E-state index contributed by atoms with van der Waals surface area (Å²) in [5, 5.41) is 2.36. The molecule has 64 valence electrons. The zero-order valence-electron chi connectivity index (χ0n) is 6.96. The molecule has 12 heavy (non-hydrogen) atoms. The number of hydrogen-bond donors (Lipinski definition) is 2. The number of rotatable bonds is 2. The molecule has 5 heteroatoms. The molecule has 0 fully saturated rings. The minimum atomic E-state index is 0.286. The van der Waals surface area contributed by atoms with Gasteiger partial charge < -0.3 is 5.73 Å². The summed E-state index contributed by atoms with van der Waals surface area (Å²) >= 11 is 0. The third-order valence-electron chi connectivity index (χ3n) is 1.51. The minimum absolute atomic E-state index is 0.286. The number of aromatic nitrogens is 2. The summed E-state index contributed by atoms with van der Waals surface area (Å²) in [5.74, 6) is 0.286. The summed E-state index contributed by atoms with van der Waals surface area (Å²) < 4.78 is 0. The van der Waals surface area contributed by atoms with Gasteiger partial charge in [0, 0.05) is 0 Å². The van der Waals surface area contributed by atoms with Crippen LogP contribution in [0.2, 0.25) is 0 Å². The van der Waals surface area contributed by atoms with Gasteiger partial charge in [0.15, 0.2) is 0 Å². The molecule has 1 heterocycles. The van der Waals surface area contributed by atoms with Gasteiger partial charge in [0.2, 0.25) is 12.4 Å². The highest BCUT2D eigenvalue weighted by atomic mass is 16.1. The standard InChI is InChI=1S/C7H10N4O/c1-4-6(8)5(2)11-7(10-4)9-3-12/h3H,8H2,1-2H3,(H,9,10,11,12). The molecule has 0 radical (unpaired) electrons. The molecule has 0 aliphatic heterocycles. The highest BCUT2D eigenvalue weighted by Crippen LogP contribution is 2.13. The van der Waals surface area contributed by atoms with Gasteiger partial charge in [-0.05, 0) is 13.8 Å². The number of hydrogen-bond acceptors (Lipinski definition) is 4. The van der Waals surface area contributed by atoms with E-state index in [9.17, 15) is 4.79 Å². The van der Waals surface area contributed by atoms with E-state index in [2.05, 4.69) is 15.3 Å². The summed E-state index contributed by atoms with van der Waals surface area (Å²) in [6.45, 7) is 3.53. The van der Waals surface area contributed by atoms with Crippen molar-refractivity contribution in [2.45, 2.75) is 13.8 Å². The van der Waals surface area contributed by atoms with Crippen LogP contribution in [0, 0.1) is 13.8 Å². The highest BCUT2D eigenvalue weighted by Gasteiger charge is 2.03. The van der Waals surface area contributed by atoms with Gasteiger partial charge >= 0.3 is 0 Å². The number of nitrogens with two attached hydrogens (primary N) is 1. The second-order valence-corrected chi connectivity index (χ2v) is 2.39. The van der Waals surface area contributed by atoms with Crippen LogP contribution in [-0.2, 0) is 4.79 Å². The van der Waals surface area contributed by atoms with Crippen molar-refractivity contribution in [3.05, 3.63) is 11.4 Å². The Bertz CT molecular complexity index is 287. The Balaban J connectivity index is 3.11. The summed E-state index contributed by atoms with van der Waals surface area (Å²) in [6.07, 6.45) is 0.532. The molecule has 0 unspecified atom stereocenters. The Hall–Kier alpha value is -1.65. The zero-order valence-corrected chi connectivity index (χ0v) is 6.96. The molecule has 1 aromatic rings. The fraction of sp³-hybridized carbons (Fsp3) is 0.286. The molecular weight excluding hydrogens is 156 g/mol. The van der Waals surface area contributed by atoms with E-state index in [4.69, 9.17) is 5.73 Å². The van der Waals surface area contributed by atoms with Gasteiger partial charge in [0.1, 0.15) is 0 Å². The van der Waals surface area contributed by atoms with Crippen LogP contribution in [-0.4, -0.2) is 16.4 Å². The zero-order chi connectivity index (χ0) is 9.14. The Morgan fingerprint density at radius 3 is 2.25 bits per heavy atom. The minimum Gasteiger partial charge on any atom is -0.396 e. The first kappa shape index (κ1) is 8.45.